The largest absolute Gasteiger partial charge is 0.312 e. The molecular weight excluding hydrogens is 548 g/mol. The highest BCUT2D eigenvalue weighted by atomic mass is 14.8. The minimum Gasteiger partial charge on any atom is -0.312 e. The zero-order chi connectivity index (χ0) is 30.8. The monoisotopic (exact) mass is 582 g/mol. The van der Waals surface area contributed by atoms with Crippen LogP contribution >= 0.6 is 0 Å². The van der Waals surface area contributed by atoms with Gasteiger partial charge in [0.25, 0.3) is 0 Å². The topological polar surface area (TPSA) is 63.6 Å². The van der Waals surface area contributed by atoms with Crippen molar-refractivity contribution in [3.05, 3.63) is 175 Å². The predicted octanol–water partition coefficient (Wildman–Crippen LogP) is 9.36. The quantitative estimate of drug-likeness (QED) is 0.190. The van der Waals surface area contributed by atoms with Gasteiger partial charge in [0.2, 0.25) is 0 Å². The van der Waals surface area contributed by atoms with Crippen LogP contribution in [-0.4, -0.2) is 24.1 Å². The average molecular weight is 583 g/mol. The first-order valence-electron chi connectivity index (χ1n) is 15.0. The number of pyridine rings is 1. The standard InChI is InChI=1S/C39H28N2.C2H6N2/c1-3-11-31(12-4-1)38(32-13-5-2-6-14-32)41-27-34-18-7-15-30-16-8-20-35(37(30)34)28-22-24-29(25-23-28)36-21-9-17-33-19-10-26-40-39(33)36;1-4-2-3/h1-26H,27H2;1-3H2. The second-order valence-corrected chi connectivity index (χ2v) is 10.6. The molecule has 0 aliphatic carbocycles. The van der Waals surface area contributed by atoms with Crippen LogP contribution in [0.25, 0.3) is 43.9 Å². The van der Waals surface area contributed by atoms with Crippen molar-refractivity contribution in [2.24, 2.45) is 15.7 Å². The molecule has 0 amide bonds. The number of nitrogens with zero attached hydrogens (tertiary/aromatic N) is 3. The summed E-state index contributed by atoms with van der Waals surface area (Å²) in [6.45, 7) is 4.03. The molecule has 0 atom stereocenters. The summed E-state index contributed by atoms with van der Waals surface area (Å²) < 4.78 is 0. The molecule has 0 saturated carbocycles. The van der Waals surface area contributed by atoms with Gasteiger partial charge in [-0.25, -0.2) is 0 Å². The van der Waals surface area contributed by atoms with Crippen molar-refractivity contribution in [3.63, 3.8) is 0 Å². The Morgan fingerprint density at radius 1 is 0.578 bits per heavy atom. The highest BCUT2D eigenvalue weighted by Crippen LogP contribution is 2.34. The molecule has 0 aliphatic rings. The van der Waals surface area contributed by atoms with Crippen molar-refractivity contribution in [1.29, 1.82) is 0 Å². The van der Waals surface area contributed by atoms with Gasteiger partial charge in [0, 0.05) is 28.3 Å². The van der Waals surface area contributed by atoms with E-state index in [2.05, 4.69) is 150 Å². The van der Waals surface area contributed by atoms with Gasteiger partial charge in [0.05, 0.1) is 24.4 Å². The van der Waals surface area contributed by atoms with Crippen LogP contribution in [0.2, 0.25) is 0 Å². The van der Waals surface area contributed by atoms with E-state index in [4.69, 9.17) is 10.7 Å². The summed E-state index contributed by atoms with van der Waals surface area (Å²) in [5, 5.41) is 3.62. The Morgan fingerprint density at radius 2 is 1.11 bits per heavy atom. The van der Waals surface area contributed by atoms with E-state index in [0.29, 0.717) is 13.2 Å². The SMILES string of the molecule is C=NCN.c1ccc(C(=NCc2cccc3cccc(-c4ccc(-c5cccc6cccnc56)cc4)c23)c2ccccc2)cc1. The summed E-state index contributed by atoms with van der Waals surface area (Å²) in [6, 6.07) is 53.3. The number of aliphatic imine (C=N–C) groups is 2. The lowest BCUT2D eigenvalue weighted by atomic mass is 9.93. The number of aromatic nitrogens is 1. The van der Waals surface area contributed by atoms with E-state index < -0.39 is 0 Å². The Balaban J connectivity index is 0.000000845. The first-order valence-corrected chi connectivity index (χ1v) is 15.0. The molecule has 2 N–H and O–H groups in total. The molecule has 7 rings (SSSR count). The van der Waals surface area contributed by atoms with Crippen molar-refractivity contribution < 1.29 is 0 Å². The lowest BCUT2D eigenvalue weighted by Crippen LogP contribution is -2.04. The molecule has 4 nitrogen and oxygen atoms in total. The number of rotatable bonds is 7. The van der Waals surface area contributed by atoms with Crippen LogP contribution in [0.3, 0.4) is 0 Å². The second-order valence-electron chi connectivity index (χ2n) is 10.6. The van der Waals surface area contributed by atoms with Crippen LogP contribution in [0.1, 0.15) is 16.7 Å². The van der Waals surface area contributed by atoms with Gasteiger partial charge in [-0.05, 0) is 45.8 Å². The van der Waals surface area contributed by atoms with Crippen LogP contribution < -0.4 is 5.73 Å². The molecule has 0 unspecified atom stereocenters. The molecule has 0 radical (unpaired) electrons. The third-order valence-electron chi connectivity index (χ3n) is 7.76. The summed E-state index contributed by atoms with van der Waals surface area (Å²) in [7, 11) is 0. The molecule has 0 saturated heterocycles. The molecule has 218 valence electrons. The number of hydrogen-bond acceptors (Lipinski definition) is 4. The molecule has 7 aromatic rings. The predicted molar refractivity (Wildman–Crippen MR) is 191 cm³/mol. The normalized spacial score (nSPS) is 10.6. The fourth-order valence-electron chi connectivity index (χ4n) is 5.66. The maximum Gasteiger partial charge on any atom is 0.0852 e. The average Bonchev–Trinajstić information content (AvgIpc) is 3.12. The fraction of sp³-hybridized carbons (Fsp3) is 0.0488. The molecule has 0 fully saturated rings. The van der Waals surface area contributed by atoms with Crippen LogP contribution in [0.5, 0.6) is 0 Å². The van der Waals surface area contributed by atoms with Crippen LogP contribution in [0.15, 0.2) is 168 Å². The summed E-state index contributed by atoms with van der Waals surface area (Å²) >= 11 is 0. The van der Waals surface area contributed by atoms with Crippen molar-refractivity contribution in [3.8, 4) is 22.3 Å². The van der Waals surface area contributed by atoms with E-state index in [9.17, 15) is 0 Å². The molecule has 45 heavy (non-hydrogen) atoms. The zero-order valence-corrected chi connectivity index (χ0v) is 25.1. The molecule has 4 heteroatoms. The summed E-state index contributed by atoms with van der Waals surface area (Å²) in [6.07, 6.45) is 1.86. The molecule has 0 bridgehead atoms. The van der Waals surface area contributed by atoms with Crippen molar-refractivity contribution in [2.45, 2.75) is 6.54 Å². The molecule has 6 aromatic carbocycles. The van der Waals surface area contributed by atoms with E-state index in [1.54, 1.807) is 0 Å². The van der Waals surface area contributed by atoms with Crippen LogP contribution in [0.4, 0.5) is 0 Å². The van der Waals surface area contributed by atoms with Gasteiger partial charge in [-0.15, -0.1) is 0 Å². The van der Waals surface area contributed by atoms with Crippen molar-refractivity contribution >= 4 is 34.1 Å². The minimum absolute atomic E-state index is 0.333. The van der Waals surface area contributed by atoms with E-state index >= 15 is 0 Å². The Kier molecular flexibility index (Phi) is 9.25. The Bertz CT molecular complexity index is 2010. The third kappa shape index (κ3) is 6.62. The maximum atomic E-state index is 5.21. The highest BCUT2D eigenvalue weighted by molar-refractivity contribution is 6.13. The maximum absolute atomic E-state index is 5.21. The summed E-state index contributed by atoms with van der Waals surface area (Å²) in [4.78, 5) is 13.1. The second kappa shape index (κ2) is 14.2. The molecule has 0 aliphatic heterocycles. The van der Waals surface area contributed by atoms with Crippen LogP contribution in [-0.2, 0) is 6.54 Å². The fourth-order valence-corrected chi connectivity index (χ4v) is 5.66. The van der Waals surface area contributed by atoms with Gasteiger partial charge < -0.3 is 5.73 Å². The number of para-hydroxylation sites is 1. The molecule has 1 heterocycles. The molecular formula is C41H34N4. The molecule has 0 spiro atoms. The van der Waals surface area contributed by atoms with Gasteiger partial charge in [0.1, 0.15) is 0 Å². The van der Waals surface area contributed by atoms with Crippen LogP contribution in [0, 0.1) is 0 Å². The lowest BCUT2D eigenvalue weighted by Gasteiger charge is -2.13. The number of nitrogens with two attached hydrogens (primary N) is 1. The van der Waals surface area contributed by atoms with Crippen molar-refractivity contribution in [2.75, 3.05) is 6.67 Å². The first-order chi connectivity index (χ1) is 22.3. The Hall–Kier alpha value is -5.71. The summed E-state index contributed by atoms with van der Waals surface area (Å²) in [5.74, 6) is 0. The smallest absolute Gasteiger partial charge is 0.0852 e. The minimum atomic E-state index is 0.333. The van der Waals surface area contributed by atoms with E-state index in [-0.39, 0.29) is 0 Å². The first kappa shape index (κ1) is 29.4. The number of fused-ring (bicyclic) bond motifs is 2. The van der Waals surface area contributed by atoms with Crippen molar-refractivity contribution in [1.82, 2.24) is 4.98 Å². The highest BCUT2D eigenvalue weighted by Gasteiger charge is 2.12. The van der Waals surface area contributed by atoms with Gasteiger partial charge in [-0.3, -0.25) is 15.0 Å². The molecule has 1 aromatic heterocycles. The Labute approximate surface area is 264 Å². The number of benzene rings is 6. The third-order valence-corrected chi connectivity index (χ3v) is 7.76. The van der Waals surface area contributed by atoms with E-state index in [0.717, 1.165) is 33.3 Å². The van der Waals surface area contributed by atoms with E-state index in [1.165, 1.54) is 33.0 Å². The summed E-state index contributed by atoms with van der Waals surface area (Å²) in [5.41, 5.74) is 15.0. The van der Waals surface area contributed by atoms with Gasteiger partial charge in [0.15, 0.2) is 0 Å². The van der Waals surface area contributed by atoms with Gasteiger partial charge in [-0.1, -0.05) is 146 Å². The van der Waals surface area contributed by atoms with Gasteiger partial charge in [-0.2, -0.15) is 0 Å². The lowest BCUT2D eigenvalue weighted by molar-refractivity contribution is 1.08. The zero-order valence-electron chi connectivity index (χ0n) is 25.1. The number of hydrogen-bond donors (Lipinski definition) is 1. The van der Waals surface area contributed by atoms with Gasteiger partial charge >= 0.3 is 0 Å². The van der Waals surface area contributed by atoms with E-state index in [1.807, 2.05) is 24.4 Å². The Morgan fingerprint density at radius 3 is 1.73 bits per heavy atom.